The lowest BCUT2D eigenvalue weighted by molar-refractivity contribution is 0.399. The van der Waals surface area contributed by atoms with Gasteiger partial charge in [-0.3, -0.25) is 0 Å². The van der Waals surface area contributed by atoms with Crippen molar-refractivity contribution in [2.45, 2.75) is 32.6 Å². The minimum Gasteiger partial charge on any atom is -0.481 e. The van der Waals surface area contributed by atoms with E-state index in [1.54, 1.807) is 13.3 Å². The number of hydrogen-bond acceptors (Lipinski definition) is 2. The van der Waals surface area contributed by atoms with Gasteiger partial charge in [-0.25, -0.2) is 4.98 Å². The second-order valence-corrected chi connectivity index (χ2v) is 2.86. The normalized spacial score (nSPS) is 10.2. The zero-order chi connectivity index (χ0) is 8.81. The smallest absolute Gasteiger partial charge is 0.210 e. The fraction of sp³-hybridized carbons (Fsp3) is 0.667. The van der Waals surface area contributed by atoms with Gasteiger partial charge in [-0.1, -0.05) is 19.8 Å². The number of nitrogens with one attached hydrogen (secondary N) is 1. The molecule has 12 heavy (non-hydrogen) atoms. The number of aryl methyl sites for hydroxylation is 1. The molecule has 1 aromatic rings. The standard InChI is InChI=1S/C9H16N2O/c1-3-4-5-6-8-10-7-9(11-8)12-2/h7H,3-6H2,1-2H3,(H,10,11). The van der Waals surface area contributed by atoms with Crippen molar-refractivity contribution >= 4 is 0 Å². The topological polar surface area (TPSA) is 37.9 Å². The van der Waals surface area contributed by atoms with Crippen LogP contribution in [0.5, 0.6) is 5.88 Å². The van der Waals surface area contributed by atoms with E-state index >= 15 is 0 Å². The minimum absolute atomic E-state index is 0.751. The van der Waals surface area contributed by atoms with Crippen LogP contribution in [0.25, 0.3) is 0 Å². The van der Waals surface area contributed by atoms with E-state index in [0.717, 1.165) is 18.1 Å². The zero-order valence-corrected chi connectivity index (χ0v) is 7.76. The molecule has 0 fully saturated rings. The second-order valence-electron chi connectivity index (χ2n) is 2.86. The highest BCUT2D eigenvalue weighted by molar-refractivity contribution is 5.06. The lowest BCUT2D eigenvalue weighted by Gasteiger charge is -1.94. The summed E-state index contributed by atoms with van der Waals surface area (Å²) in [6, 6.07) is 0. The Kier molecular flexibility index (Phi) is 3.64. The van der Waals surface area contributed by atoms with Gasteiger partial charge >= 0.3 is 0 Å². The van der Waals surface area contributed by atoms with Crippen LogP contribution in [0.3, 0.4) is 0 Å². The van der Waals surface area contributed by atoms with Crippen LogP contribution in [-0.2, 0) is 6.42 Å². The fourth-order valence-electron chi connectivity index (χ4n) is 1.12. The average Bonchev–Trinajstić information content (AvgIpc) is 2.53. The summed E-state index contributed by atoms with van der Waals surface area (Å²) in [5, 5.41) is 0. The van der Waals surface area contributed by atoms with Gasteiger partial charge in [-0.05, 0) is 6.42 Å². The number of aromatic amines is 1. The summed E-state index contributed by atoms with van der Waals surface area (Å²) in [4.78, 5) is 7.27. The van der Waals surface area contributed by atoms with Gasteiger partial charge in [0.2, 0.25) is 5.88 Å². The SMILES string of the molecule is CCCCCc1ncc(OC)[nH]1. The van der Waals surface area contributed by atoms with Crippen LogP contribution in [-0.4, -0.2) is 17.1 Å². The van der Waals surface area contributed by atoms with Crippen molar-refractivity contribution in [2.75, 3.05) is 7.11 Å². The Bertz CT molecular complexity index is 220. The summed E-state index contributed by atoms with van der Waals surface area (Å²) in [5.74, 6) is 1.78. The third-order valence-electron chi connectivity index (χ3n) is 1.84. The van der Waals surface area contributed by atoms with Gasteiger partial charge in [-0.15, -0.1) is 0 Å². The molecule has 0 saturated heterocycles. The largest absolute Gasteiger partial charge is 0.481 e. The predicted molar refractivity (Wildman–Crippen MR) is 48.4 cm³/mol. The Balaban J connectivity index is 2.31. The first kappa shape index (κ1) is 9.10. The third-order valence-corrected chi connectivity index (χ3v) is 1.84. The van der Waals surface area contributed by atoms with Crippen molar-refractivity contribution in [3.8, 4) is 5.88 Å². The number of methoxy groups -OCH3 is 1. The molecule has 1 heterocycles. The van der Waals surface area contributed by atoms with Crippen LogP contribution < -0.4 is 4.74 Å². The van der Waals surface area contributed by atoms with Crippen molar-refractivity contribution in [1.29, 1.82) is 0 Å². The number of ether oxygens (including phenoxy) is 1. The van der Waals surface area contributed by atoms with Crippen molar-refractivity contribution in [3.05, 3.63) is 12.0 Å². The van der Waals surface area contributed by atoms with E-state index < -0.39 is 0 Å². The molecule has 0 atom stereocenters. The first-order valence-electron chi connectivity index (χ1n) is 4.44. The van der Waals surface area contributed by atoms with E-state index in [9.17, 15) is 0 Å². The molecule has 3 heteroatoms. The molecule has 0 saturated carbocycles. The molecule has 68 valence electrons. The monoisotopic (exact) mass is 168 g/mol. The molecule has 1 aromatic heterocycles. The van der Waals surface area contributed by atoms with Crippen molar-refractivity contribution < 1.29 is 4.74 Å². The van der Waals surface area contributed by atoms with Gasteiger partial charge in [0.05, 0.1) is 13.3 Å². The van der Waals surface area contributed by atoms with Crippen LogP contribution in [0.2, 0.25) is 0 Å². The minimum atomic E-state index is 0.751. The Labute approximate surface area is 73.2 Å². The van der Waals surface area contributed by atoms with E-state index in [0.29, 0.717) is 0 Å². The molecule has 0 amide bonds. The molecule has 0 aliphatic carbocycles. The van der Waals surface area contributed by atoms with Crippen LogP contribution in [0.4, 0.5) is 0 Å². The molecular weight excluding hydrogens is 152 g/mol. The molecule has 0 radical (unpaired) electrons. The number of H-pyrrole nitrogens is 1. The summed E-state index contributed by atoms with van der Waals surface area (Å²) in [7, 11) is 1.64. The molecule has 1 rings (SSSR count). The maximum absolute atomic E-state index is 4.98. The number of rotatable bonds is 5. The molecule has 0 aliphatic heterocycles. The average molecular weight is 168 g/mol. The number of hydrogen-bond donors (Lipinski definition) is 1. The summed E-state index contributed by atoms with van der Waals surface area (Å²) in [6.07, 6.45) is 6.46. The zero-order valence-electron chi connectivity index (χ0n) is 7.76. The lowest BCUT2D eigenvalue weighted by atomic mass is 10.2. The molecule has 0 aromatic carbocycles. The maximum atomic E-state index is 4.98. The fourth-order valence-corrected chi connectivity index (χ4v) is 1.12. The first-order valence-corrected chi connectivity index (χ1v) is 4.44. The highest BCUT2D eigenvalue weighted by Crippen LogP contribution is 2.08. The lowest BCUT2D eigenvalue weighted by Crippen LogP contribution is -1.88. The van der Waals surface area contributed by atoms with E-state index in [4.69, 9.17) is 4.74 Å². The van der Waals surface area contributed by atoms with Gasteiger partial charge in [-0.2, -0.15) is 0 Å². The van der Waals surface area contributed by atoms with Crippen molar-refractivity contribution in [2.24, 2.45) is 0 Å². The van der Waals surface area contributed by atoms with E-state index in [-0.39, 0.29) is 0 Å². The summed E-state index contributed by atoms with van der Waals surface area (Å²) >= 11 is 0. The highest BCUT2D eigenvalue weighted by atomic mass is 16.5. The molecule has 0 unspecified atom stereocenters. The van der Waals surface area contributed by atoms with E-state index in [2.05, 4.69) is 16.9 Å². The Morgan fingerprint density at radius 3 is 2.92 bits per heavy atom. The summed E-state index contributed by atoms with van der Waals surface area (Å²) < 4.78 is 4.98. The second kappa shape index (κ2) is 4.80. The van der Waals surface area contributed by atoms with Gasteiger partial charge < -0.3 is 9.72 Å². The quantitative estimate of drug-likeness (QED) is 0.684. The Morgan fingerprint density at radius 1 is 1.50 bits per heavy atom. The molecule has 0 spiro atoms. The van der Waals surface area contributed by atoms with Crippen LogP contribution >= 0.6 is 0 Å². The maximum Gasteiger partial charge on any atom is 0.210 e. The van der Waals surface area contributed by atoms with Gasteiger partial charge in [0, 0.05) is 6.42 Å². The number of unbranched alkanes of at least 4 members (excludes halogenated alkanes) is 2. The first-order chi connectivity index (χ1) is 5.86. The Morgan fingerprint density at radius 2 is 2.33 bits per heavy atom. The summed E-state index contributed by atoms with van der Waals surface area (Å²) in [5.41, 5.74) is 0. The molecule has 0 aliphatic rings. The van der Waals surface area contributed by atoms with Gasteiger partial charge in [0.25, 0.3) is 0 Å². The Hall–Kier alpha value is -0.990. The highest BCUT2D eigenvalue weighted by Gasteiger charge is 1.98. The van der Waals surface area contributed by atoms with E-state index in [1.807, 2.05) is 0 Å². The molecule has 1 N–H and O–H groups in total. The van der Waals surface area contributed by atoms with Crippen molar-refractivity contribution in [1.82, 2.24) is 9.97 Å². The van der Waals surface area contributed by atoms with Gasteiger partial charge in [0.15, 0.2) is 0 Å². The van der Waals surface area contributed by atoms with Crippen LogP contribution in [0, 0.1) is 0 Å². The van der Waals surface area contributed by atoms with Crippen molar-refractivity contribution in [3.63, 3.8) is 0 Å². The van der Waals surface area contributed by atoms with Crippen LogP contribution in [0.1, 0.15) is 32.0 Å². The summed E-state index contributed by atoms with van der Waals surface area (Å²) in [6.45, 7) is 2.20. The third kappa shape index (κ3) is 2.57. The number of aromatic nitrogens is 2. The van der Waals surface area contributed by atoms with Gasteiger partial charge in [0.1, 0.15) is 5.82 Å². The van der Waals surface area contributed by atoms with Crippen LogP contribution in [0.15, 0.2) is 6.20 Å². The number of imidazole rings is 1. The molecule has 3 nitrogen and oxygen atoms in total. The molecular formula is C9H16N2O. The predicted octanol–water partition coefficient (Wildman–Crippen LogP) is 2.15. The number of nitrogens with zero attached hydrogens (tertiary/aromatic N) is 1. The van der Waals surface area contributed by atoms with E-state index in [1.165, 1.54) is 19.3 Å². The molecule has 0 bridgehead atoms.